The summed E-state index contributed by atoms with van der Waals surface area (Å²) in [6.07, 6.45) is 13.8. The van der Waals surface area contributed by atoms with Crippen LogP contribution in [0.25, 0.3) is 0 Å². The zero-order chi connectivity index (χ0) is 13.1. The van der Waals surface area contributed by atoms with Gasteiger partial charge in [0.2, 0.25) is 0 Å². The highest BCUT2D eigenvalue weighted by Gasteiger charge is 2.00. The summed E-state index contributed by atoms with van der Waals surface area (Å²) >= 11 is 7.93. The van der Waals surface area contributed by atoms with Crippen LogP contribution in [0.2, 0.25) is 5.02 Å². The SMILES string of the molecule is CCCCCCCCCSC[n+]1cccc(Cl)c1. The first-order valence-corrected chi connectivity index (χ1v) is 8.58. The topological polar surface area (TPSA) is 3.88 Å². The lowest BCUT2D eigenvalue weighted by Gasteiger charge is -2.00. The first-order chi connectivity index (χ1) is 8.83. The Labute approximate surface area is 121 Å². The van der Waals surface area contributed by atoms with Gasteiger partial charge in [0.1, 0.15) is 5.02 Å². The molecule has 0 aromatic carbocycles. The van der Waals surface area contributed by atoms with Gasteiger partial charge in [-0.3, -0.25) is 0 Å². The van der Waals surface area contributed by atoms with E-state index in [1.807, 2.05) is 30.1 Å². The highest BCUT2D eigenvalue weighted by molar-refractivity contribution is 7.98. The monoisotopic (exact) mass is 286 g/mol. The number of nitrogens with zero attached hydrogens (tertiary/aromatic N) is 1. The third-order valence-electron chi connectivity index (χ3n) is 2.95. The summed E-state index contributed by atoms with van der Waals surface area (Å²) in [4.78, 5) is 0. The molecule has 1 nitrogen and oxygen atoms in total. The largest absolute Gasteiger partial charge is 0.194 e. The molecule has 0 N–H and O–H groups in total. The predicted octanol–water partition coefficient (Wildman–Crippen LogP) is 5.07. The lowest BCUT2D eigenvalue weighted by Crippen LogP contribution is -2.30. The number of thioether (sulfide) groups is 1. The Hall–Kier alpha value is -0.210. The molecule has 0 aliphatic carbocycles. The molecule has 0 bridgehead atoms. The molecule has 0 atom stereocenters. The summed E-state index contributed by atoms with van der Waals surface area (Å²) < 4.78 is 2.15. The second kappa shape index (κ2) is 10.7. The predicted molar refractivity (Wildman–Crippen MR) is 82.1 cm³/mol. The molecule has 0 radical (unpaired) electrons. The first kappa shape index (κ1) is 15.8. The molecule has 102 valence electrons. The van der Waals surface area contributed by atoms with Crippen LogP contribution in [0.5, 0.6) is 0 Å². The molecular weight excluding hydrogens is 262 g/mol. The van der Waals surface area contributed by atoms with E-state index in [2.05, 4.69) is 17.7 Å². The van der Waals surface area contributed by atoms with Gasteiger partial charge in [0.25, 0.3) is 0 Å². The molecule has 1 aromatic rings. The molecule has 0 amide bonds. The summed E-state index contributed by atoms with van der Waals surface area (Å²) in [5.41, 5.74) is 0. The third-order valence-corrected chi connectivity index (χ3v) is 4.24. The van der Waals surface area contributed by atoms with Crippen molar-refractivity contribution in [3.05, 3.63) is 29.5 Å². The van der Waals surface area contributed by atoms with E-state index in [0.29, 0.717) is 0 Å². The lowest BCUT2D eigenvalue weighted by atomic mass is 10.1. The van der Waals surface area contributed by atoms with Gasteiger partial charge >= 0.3 is 0 Å². The van der Waals surface area contributed by atoms with Crippen molar-refractivity contribution in [1.29, 1.82) is 0 Å². The number of pyridine rings is 1. The van der Waals surface area contributed by atoms with Crippen LogP contribution < -0.4 is 4.57 Å². The molecular formula is C15H25ClNS+. The Morgan fingerprint density at radius 3 is 2.56 bits per heavy atom. The molecule has 0 spiro atoms. The highest BCUT2D eigenvalue weighted by atomic mass is 35.5. The normalized spacial score (nSPS) is 10.8. The van der Waals surface area contributed by atoms with E-state index in [-0.39, 0.29) is 0 Å². The molecule has 1 rings (SSSR count). The van der Waals surface area contributed by atoms with E-state index in [1.165, 1.54) is 50.7 Å². The summed E-state index contributed by atoms with van der Waals surface area (Å²) in [6.45, 7) is 2.27. The summed E-state index contributed by atoms with van der Waals surface area (Å²) in [7, 11) is 0. The number of aromatic nitrogens is 1. The lowest BCUT2D eigenvalue weighted by molar-refractivity contribution is -0.675. The van der Waals surface area contributed by atoms with E-state index in [4.69, 9.17) is 11.6 Å². The highest BCUT2D eigenvalue weighted by Crippen LogP contribution is 2.11. The Kier molecular flexibility index (Phi) is 9.41. The number of rotatable bonds is 10. The number of halogens is 1. The van der Waals surface area contributed by atoms with Crippen LogP contribution in [0.15, 0.2) is 24.5 Å². The van der Waals surface area contributed by atoms with Gasteiger partial charge in [-0.1, -0.05) is 68.8 Å². The van der Waals surface area contributed by atoms with Crippen molar-refractivity contribution in [2.24, 2.45) is 0 Å². The van der Waals surface area contributed by atoms with E-state index in [0.717, 1.165) is 10.9 Å². The van der Waals surface area contributed by atoms with Gasteiger partial charge in [-0.2, -0.15) is 4.57 Å². The van der Waals surface area contributed by atoms with Crippen molar-refractivity contribution in [2.45, 2.75) is 57.7 Å². The van der Waals surface area contributed by atoms with E-state index < -0.39 is 0 Å². The minimum atomic E-state index is 0.814. The number of hydrogen-bond acceptors (Lipinski definition) is 1. The van der Waals surface area contributed by atoms with Crippen LogP contribution in [0.1, 0.15) is 51.9 Å². The van der Waals surface area contributed by atoms with Crippen LogP contribution in [0.4, 0.5) is 0 Å². The van der Waals surface area contributed by atoms with Crippen molar-refractivity contribution in [3.8, 4) is 0 Å². The van der Waals surface area contributed by atoms with E-state index in [1.54, 1.807) is 0 Å². The van der Waals surface area contributed by atoms with Crippen LogP contribution in [0, 0.1) is 0 Å². The zero-order valence-electron chi connectivity index (χ0n) is 11.4. The van der Waals surface area contributed by atoms with Crippen LogP contribution >= 0.6 is 23.4 Å². The summed E-state index contributed by atoms with van der Waals surface area (Å²) in [6, 6.07) is 3.91. The zero-order valence-corrected chi connectivity index (χ0v) is 13.0. The van der Waals surface area contributed by atoms with Gasteiger partial charge in [0, 0.05) is 6.07 Å². The molecule has 0 aliphatic rings. The minimum absolute atomic E-state index is 0.814. The fraction of sp³-hybridized carbons (Fsp3) is 0.667. The molecule has 3 heteroatoms. The Morgan fingerprint density at radius 1 is 1.11 bits per heavy atom. The first-order valence-electron chi connectivity index (χ1n) is 7.05. The van der Waals surface area contributed by atoms with Crippen LogP contribution in [0.3, 0.4) is 0 Å². The van der Waals surface area contributed by atoms with E-state index >= 15 is 0 Å². The standard InChI is InChI=1S/C15H25ClNS/c1-2-3-4-5-6-7-8-12-18-14-17-11-9-10-15(16)13-17/h9-11,13H,2-8,12,14H2,1H3/q+1. The van der Waals surface area contributed by atoms with Crippen LogP contribution in [-0.4, -0.2) is 5.75 Å². The number of unbranched alkanes of at least 4 members (excludes halogenated alkanes) is 6. The fourth-order valence-electron chi connectivity index (χ4n) is 1.90. The molecule has 0 aliphatic heterocycles. The molecule has 0 saturated carbocycles. The maximum Gasteiger partial charge on any atom is 0.194 e. The van der Waals surface area contributed by atoms with Gasteiger partial charge in [-0.15, -0.1) is 0 Å². The van der Waals surface area contributed by atoms with Crippen molar-refractivity contribution in [3.63, 3.8) is 0 Å². The average molecular weight is 287 g/mol. The van der Waals surface area contributed by atoms with Crippen molar-refractivity contribution >= 4 is 23.4 Å². The minimum Gasteiger partial charge on any atom is -0.194 e. The summed E-state index contributed by atoms with van der Waals surface area (Å²) in [5.74, 6) is 2.27. The fourth-order valence-corrected chi connectivity index (χ4v) is 3.01. The van der Waals surface area contributed by atoms with Crippen molar-refractivity contribution < 1.29 is 4.57 Å². The average Bonchev–Trinajstić information content (AvgIpc) is 2.37. The Balaban J connectivity index is 1.92. The van der Waals surface area contributed by atoms with Gasteiger partial charge in [-0.05, 0) is 18.2 Å². The van der Waals surface area contributed by atoms with Gasteiger partial charge in [-0.25, -0.2) is 0 Å². The third kappa shape index (κ3) is 7.99. The molecule has 18 heavy (non-hydrogen) atoms. The maximum absolute atomic E-state index is 5.94. The quantitative estimate of drug-likeness (QED) is 0.429. The van der Waals surface area contributed by atoms with Crippen molar-refractivity contribution in [1.82, 2.24) is 0 Å². The maximum atomic E-state index is 5.94. The van der Waals surface area contributed by atoms with Gasteiger partial charge in [0.05, 0.1) is 0 Å². The molecule has 0 unspecified atom stereocenters. The Morgan fingerprint density at radius 2 is 1.83 bits per heavy atom. The van der Waals surface area contributed by atoms with E-state index in [9.17, 15) is 0 Å². The molecule has 0 fully saturated rings. The summed E-state index contributed by atoms with van der Waals surface area (Å²) in [5, 5.41) is 0.814. The smallest absolute Gasteiger partial charge is 0.194 e. The Bertz CT molecular complexity index is 317. The molecule has 0 saturated heterocycles. The van der Waals surface area contributed by atoms with Crippen molar-refractivity contribution in [2.75, 3.05) is 5.75 Å². The molecule has 1 heterocycles. The van der Waals surface area contributed by atoms with Gasteiger partial charge < -0.3 is 0 Å². The second-order valence-electron chi connectivity index (χ2n) is 4.70. The van der Waals surface area contributed by atoms with Gasteiger partial charge in [0.15, 0.2) is 18.3 Å². The second-order valence-corrected chi connectivity index (χ2v) is 6.21. The van der Waals surface area contributed by atoms with Crippen LogP contribution in [-0.2, 0) is 5.88 Å². The molecule has 1 aromatic heterocycles. The number of hydrogen-bond donors (Lipinski definition) is 0.